The average molecular weight is 214 g/mol. The van der Waals surface area contributed by atoms with E-state index < -0.39 is 5.60 Å². The molecule has 88 valence electrons. The first-order valence-corrected chi connectivity index (χ1v) is 5.60. The number of β-amino-alcohol motifs (C(OH)–C–C–N with tert-alkyl or cyclic N) is 1. The van der Waals surface area contributed by atoms with Gasteiger partial charge in [0.25, 0.3) is 0 Å². The molecule has 0 aromatic carbocycles. The molecule has 1 fully saturated rings. The van der Waals surface area contributed by atoms with Crippen molar-refractivity contribution in [1.29, 1.82) is 0 Å². The molecule has 15 heavy (non-hydrogen) atoms. The molecule has 0 atom stereocenters. The summed E-state index contributed by atoms with van der Waals surface area (Å²) in [5.41, 5.74) is 4.54. The van der Waals surface area contributed by atoms with Crippen molar-refractivity contribution in [1.82, 2.24) is 4.90 Å². The van der Waals surface area contributed by atoms with Crippen LogP contribution in [0, 0.1) is 5.92 Å². The summed E-state index contributed by atoms with van der Waals surface area (Å²) in [6.07, 6.45) is 2.54. The quantitative estimate of drug-likeness (QED) is 0.709. The fourth-order valence-electron chi connectivity index (χ4n) is 2.18. The Morgan fingerprint density at radius 3 is 2.40 bits per heavy atom. The van der Waals surface area contributed by atoms with Crippen molar-refractivity contribution in [2.24, 2.45) is 11.7 Å². The SMILES string of the molecule is CC(C)(O)CN1CCC(CC(N)=O)CC1. The first-order chi connectivity index (χ1) is 6.87. The predicted octanol–water partition coefficient (Wildman–Crippen LogP) is 0.345. The third-order valence-electron chi connectivity index (χ3n) is 2.81. The molecule has 0 unspecified atom stereocenters. The fraction of sp³-hybridized carbons (Fsp3) is 0.909. The fourth-order valence-corrected chi connectivity index (χ4v) is 2.18. The lowest BCUT2D eigenvalue weighted by Crippen LogP contribution is -2.43. The standard InChI is InChI=1S/C11H22N2O2/c1-11(2,15)8-13-5-3-9(4-6-13)7-10(12)14/h9,15H,3-8H2,1-2H3,(H2,12,14). The average Bonchev–Trinajstić information content (AvgIpc) is 2.05. The van der Waals surface area contributed by atoms with Crippen LogP contribution < -0.4 is 5.73 Å². The molecule has 0 spiro atoms. The third kappa shape index (κ3) is 5.14. The second-order valence-corrected chi connectivity index (χ2v) is 5.20. The Hall–Kier alpha value is -0.610. The van der Waals surface area contributed by atoms with E-state index in [1.807, 2.05) is 13.8 Å². The van der Waals surface area contributed by atoms with E-state index in [1.165, 1.54) is 0 Å². The van der Waals surface area contributed by atoms with Gasteiger partial charge in [-0.05, 0) is 45.7 Å². The van der Waals surface area contributed by atoms with Crippen LogP contribution in [0.15, 0.2) is 0 Å². The van der Waals surface area contributed by atoms with Crippen molar-refractivity contribution >= 4 is 5.91 Å². The van der Waals surface area contributed by atoms with Crippen molar-refractivity contribution in [3.05, 3.63) is 0 Å². The largest absolute Gasteiger partial charge is 0.389 e. The highest BCUT2D eigenvalue weighted by Crippen LogP contribution is 2.21. The van der Waals surface area contributed by atoms with Crippen LogP contribution in [0.25, 0.3) is 0 Å². The first-order valence-electron chi connectivity index (χ1n) is 5.60. The molecule has 0 saturated carbocycles. The summed E-state index contributed by atoms with van der Waals surface area (Å²) < 4.78 is 0. The summed E-state index contributed by atoms with van der Waals surface area (Å²) in [7, 11) is 0. The second-order valence-electron chi connectivity index (χ2n) is 5.20. The minimum atomic E-state index is -0.628. The topological polar surface area (TPSA) is 66.6 Å². The molecule has 1 heterocycles. The molecule has 1 rings (SSSR count). The number of amides is 1. The maximum atomic E-state index is 10.7. The first kappa shape index (κ1) is 12.5. The summed E-state index contributed by atoms with van der Waals surface area (Å²) in [5, 5.41) is 9.67. The van der Waals surface area contributed by atoms with Gasteiger partial charge in [-0.25, -0.2) is 0 Å². The molecule has 4 nitrogen and oxygen atoms in total. The van der Waals surface area contributed by atoms with Crippen LogP contribution in [0.3, 0.4) is 0 Å². The Morgan fingerprint density at radius 2 is 2.00 bits per heavy atom. The number of carbonyl (C=O) groups excluding carboxylic acids is 1. The Morgan fingerprint density at radius 1 is 1.47 bits per heavy atom. The molecule has 0 bridgehead atoms. The molecule has 1 amide bonds. The lowest BCUT2D eigenvalue weighted by Gasteiger charge is -2.34. The molecule has 3 N–H and O–H groups in total. The third-order valence-corrected chi connectivity index (χ3v) is 2.81. The smallest absolute Gasteiger partial charge is 0.217 e. The monoisotopic (exact) mass is 214 g/mol. The minimum Gasteiger partial charge on any atom is -0.389 e. The molecule has 1 saturated heterocycles. The van der Waals surface area contributed by atoms with Gasteiger partial charge in [-0.3, -0.25) is 4.79 Å². The number of primary amides is 1. The van der Waals surface area contributed by atoms with Crippen LogP contribution in [-0.4, -0.2) is 41.1 Å². The van der Waals surface area contributed by atoms with Gasteiger partial charge in [-0.15, -0.1) is 0 Å². The summed E-state index contributed by atoms with van der Waals surface area (Å²) in [6, 6.07) is 0. The van der Waals surface area contributed by atoms with Crippen molar-refractivity contribution < 1.29 is 9.90 Å². The number of rotatable bonds is 4. The van der Waals surface area contributed by atoms with Crippen LogP contribution in [0.5, 0.6) is 0 Å². The molecular formula is C11H22N2O2. The molecule has 0 aromatic heterocycles. The van der Waals surface area contributed by atoms with E-state index in [-0.39, 0.29) is 5.91 Å². The Labute approximate surface area is 91.4 Å². The van der Waals surface area contributed by atoms with Crippen molar-refractivity contribution in [2.75, 3.05) is 19.6 Å². The number of nitrogens with zero attached hydrogens (tertiary/aromatic N) is 1. The van der Waals surface area contributed by atoms with Gasteiger partial charge < -0.3 is 15.7 Å². The number of hydrogen-bond donors (Lipinski definition) is 2. The lowest BCUT2D eigenvalue weighted by molar-refractivity contribution is -0.119. The van der Waals surface area contributed by atoms with Gasteiger partial charge in [0.05, 0.1) is 5.60 Å². The molecular weight excluding hydrogens is 192 g/mol. The van der Waals surface area contributed by atoms with E-state index in [0.717, 1.165) is 25.9 Å². The summed E-state index contributed by atoms with van der Waals surface area (Å²) in [6.45, 7) is 6.27. The highest BCUT2D eigenvalue weighted by molar-refractivity contribution is 5.73. The molecule has 0 radical (unpaired) electrons. The van der Waals surface area contributed by atoms with Gasteiger partial charge >= 0.3 is 0 Å². The minimum absolute atomic E-state index is 0.198. The maximum Gasteiger partial charge on any atom is 0.217 e. The van der Waals surface area contributed by atoms with Crippen molar-refractivity contribution in [3.63, 3.8) is 0 Å². The zero-order chi connectivity index (χ0) is 11.5. The van der Waals surface area contributed by atoms with Crippen molar-refractivity contribution in [2.45, 2.75) is 38.7 Å². The van der Waals surface area contributed by atoms with Crippen LogP contribution in [0.4, 0.5) is 0 Å². The van der Waals surface area contributed by atoms with E-state index in [0.29, 0.717) is 18.9 Å². The molecule has 0 aromatic rings. The van der Waals surface area contributed by atoms with Crippen LogP contribution in [-0.2, 0) is 4.79 Å². The van der Waals surface area contributed by atoms with E-state index in [1.54, 1.807) is 0 Å². The summed E-state index contributed by atoms with van der Waals surface area (Å²) in [5.74, 6) is 0.247. The molecule has 1 aliphatic rings. The van der Waals surface area contributed by atoms with E-state index >= 15 is 0 Å². The number of hydrogen-bond acceptors (Lipinski definition) is 3. The van der Waals surface area contributed by atoms with Crippen molar-refractivity contribution in [3.8, 4) is 0 Å². The van der Waals surface area contributed by atoms with Gasteiger partial charge in [-0.1, -0.05) is 0 Å². The molecule has 0 aliphatic carbocycles. The molecule has 1 aliphatic heterocycles. The van der Waals surface area contributed by atoms with Gasteiger partial charge in [0.2, 0.25) is 5.91 Å². The molecule has 4 heteroatoms. The van der Waals surface area contributed by atoms with Gasteiger partial charge in [-0.2, -0.15) is 0 Å². The second kappa shape index (κ2) is 4.94. The normalized spacial score (nSPS) is 20.5. The summed E-state index contributed by atoms with van der Waals surface area (Å²) in [4.78, 5) is 13.0. The lowest BCUT2D eigenvalue weighted by atomic mass is 9.92. The number of carbonyl (C=O) groups is 1. The zero-order valence-corrected chi connectivity index (χ0v) is 9.70. The highest BCUT2D eigenvalue weighted by Gasteiger charge is 2.24. The van der Waals surface area contributed by atoms with E-state index in [9.17, 15) is 9.90 Å². The van der Waals surface area contributed by atoms with Crippen LogP contribution in [0.2, 0.25) is 0 Å². The Bertz CT molecular complexity index is 215. The van der Waals surface area contributed by atoms with Gasteiger partial charge in [0.1, 0.15) is 0 Å². The Balaban J connectivity index is 2.27. The predicted molar refractivity (Wildman–Crippen MR) is 59.3 cm³/mol. The maximum absolute atomic E-state index is 10.7. The van der Waals surface area contributed by atoms with Gasteiger partial charge in [0.15, 0.2) is 0 Å². The number of piperidine rings is 1. The number of nitrogens with two attached hydrogens (primary N) is 1. The van der Waals surface area contributed by atoms with Crippen LogP contribution in [0.1, 0.15) is 33.1 Å². The Kier molecular flexibility index (Phi) is 4.11. The number of aliphatic hydroxyl groups is 1. The highest BCUT2D eigenvalue weighted by atomic mass is 16.3. The summed E-state index contributed by atoms with van der Waals surface area (Å²) >= 11 is 0. The van der Waals surface area contributed by atoms with Crippen LogP contribution >= 0.6 is 0 Å². The zero-order valence-electron chi connectivity index (χ0n) is 9.70. The van der Waals surface area contributed by atoms with E-state index in [2.05, 4.69) is 4.90 Å². The van der Waals surface area contributed by atoms with E-state index in [4.69, 9.17) is 5.73 Å². The van der Waals surface area contributed by atoms with Gasteiger partial charge in [0, 0.05) is 13.0 Å². The number of likely N-dealkylation sites (tertiary alicyclic amines) is 1.